The number of methoxy groups -OCH3 is 1. The van der Waals surface area contributed by atoms with Crippen molar-refractivity contribution in [3.05, 3.63) is 59.7 Å². The number of para-hydroxylation sites is 1. The third-order valence-electron chi connectivity index (χ3n) is 4.29. The molecule has 0 saturated heterocycles. The van der Waals surface area contributed by atoms with Gasteiger partial charge in [-0.05, 0) is 42.7 Å². The molecule has 0 saturated carbocycles. The molecule has 0 fully saturated rings. The standard InChI is InChI=1S/C19H20N2O3/c1-13(14-7-9-16(24-2)10-8-14)20-18(22)19(23)21-12-11-15-5-3-4-6-17(15)21/h3-10,13H,11-12H2,1-2H3,(H,20,22). The molecule has 1 aliphatic heterocycles. The lowest BCUT2D eigenvalue weighted by Crippen LogP contribution is -2.43. The van der Waals surface area contributed by atoms with Crippen LogP contribution in [0.3, 0.4) is 0 Å². The molecule has 124 valence electrons. The first-order chi connectivity index (χ1) is 11.6. The van der Waals surface area contributed by atoms with Gasteiger partial charge >= 0.3 is 11.8 Å². The van der Waals surface area contributed by atoms with Gasteiger partial charge in [-0.3, -0.25) is 9.59 Å². The summed E-state index contributed by atoms with van der Waals surface area (Å²) in [6, 6.07) is 14.8. The van der Waals surface area contributed by atoms with Crippen molar-refractivity contribution in [2.24, 2.45) is 0 Å². The number of nitrogens with zero attached hydrogens (tertiary/aromatic N) is 1. The second kappa shape index (κ2) is 6.74. The van der Waals surface area contributed by atoms with E-state index in [1.54, 1.807) is 12.0 Å². The largest absolute Gasteiger partial charge is 0.497 e. The quantitative estimate of drug-likeness (QED) is 0.882. The van der Waals surface area contributed by atoms with Crippen LogP contribution in [0, 0.1) is 0 Å². The van der Waals surface area contributed by atoms with E-state index in [4.69, 9.17) is 4.74 Å². The highest BCUT2D eigenvalue weighted by atomic mass is 16.5. The van der Waals surface area contributed by atoms with Crippen LogP contribution in [0.2, 0.25) is 0 Å². The Kier molecular flexibility index (Phi) is 4.51. The van der Waals surface area contributed by atoms with Gasteiger partial charge in [-0.15, -0.1) is 0 Å². The summed E-state index contributed by atoms with van der Waals surface area (Å²) in [5, 5.41) is 2.77. The molecule has 0 aliphatic carbocycles. The predicted octanol–water partition coefficient (Wildman–Crippen LogP) is 2.46. The Morgan fingerprint density at radius 1 is 1.12 bits per heavy atom. The van der Waals surface area contributed by atoms with Crippen molar-refractivity contribution in [3.8, 4) is 5.75 Å². The van der Waals surface area contributed by atoms with Gasteiger partial charge in [0.05, 0.1) is 13.2 Å². The lowest BCUT2D eigenvalue weighted by atomic mass is 10.1. The first-order valence-corrected chi connectivity index (χ1v) is 7.94. The van der Waals surface area contributed by atoms with E-state index in [9.17, 15) is 9.59 Å². The van der Waals surface area contributed by atoms with Crippen LogP contribution in [-0.4, -0.2) is 25.5 Å². The number of carbonyl (C=O) groups excluding carboxylic acids is 2. The van der Waals surface area contributed by atoms with Crippen molar-refractivity contribution in [3.63, 3.8) is 0 Å². The van der Waals surface area contributed by atoms with Crippen LogP contribution in [0.15, 0.2) is 48.5 Å². The van der Waals surface area contributed by atoms with Crippen molar-refractivity contribution >= 4 is 17.5 Å². The second-order valence-electron chi connectivity index (χ2n) is 5.80. The van der Waals surface area contributed by atoms with E-state index in [0.29, 0.717) is 6.54 Å². The van der Waals surface area contributed by atoms with Crippen LogP contribution >= 0.6 is 0 Å². The van der Waals surface area contributed by atoms with Crippen LogP contribution in [0.25, 0.3) is 0 Å². The van der Waals surface area contributed by atoms with Crippen LogP contribution in [-0.2, 0) is 16.0 Å². The fourth-order valence-corrected chi connectivity index (χ4v) is 2.91. The number of amides is 2. The summed E-state index contributed by atoms with van der Waals surface area (Å²) < 4.78 is 5.12. The zero-order valence-electron chi connectivity index (χ0n) is 13.8. The molecule has 24 heavy (non-hydrogen) atoms. The number of ether oxygens (including phenoxy) is 1. The molecule has 2 aromatic rings. The number of nitrogens with one attached hydrogen (secondary N) is 1. The van der Waals surface area contributed by atoms with Gasteiger partial charge < -0.3 is 15.0 Å². The Bertz CT molecular complexity index is 755. The highest BCUT2D eigenvalue weighted by molar-refractivity contribution is 6.40. The Morgan fingerprint density at radius 3 is 2.54 bits per heavy atom. The van der Waals surface area contributed by atoms with Gasteiger partial charge in [0.1, 0.15) is 5.75 Å². The minimum Gasteiger partial charge on any atom is -0.497 e. The molecule has 0 spiro atoms. The number of benzene rings is 2. The molecular formula is C19H20N2O3. The van der Waals surface area contributed by atoms with E-state index < -0.39 is 11.8 Å². The molecule has 2 amide bonds. The number of fused-ring (bicyclic) bond motifs is 1. The fourth-order valence-electron chi connectivity index (χ4n) is 2.91. The van der Waals surface area contributed by atoms with Crippen LogP contribution in [0.5, 0.6) is 5.75 Å². The number of carbonyl (C=O) groups is 2. The molecule has 3 rings (SSSR count). The molecule has 0 radical (unpaired) electrons. The van der Waals surface area contributed by atoms with E-state index in [1.165, 1.54) is 0 Å². The smallest absolute Gasteiger partial charge is 0.316 e. The molecule has 5 heteroatoms. The SMILES string of the molecule is COc1ccc(C(C)NC(=O)C(=O)N2CCc3ccccc32)cc1. The van der Waals surface area contributed by atoms with E-state index in [-0.39, 0.29) is 6.04 Å². The Hall–Kier alpha value is -2.82. The molecule has 1 aliphatic rings. The predicted molar refractivity (Wildman–Crippen MR) is 92.1 cm³/mol. The van der Waals surface area contributed by atoms with Crippen molar-refractivity contribution < 1.29 is 14.3 Å². The maximum Gasteiger partial charge on any atom is 0.316 e. The molecule has 1 atom stereocenters. The Balaban J connectivity index is 1.67. The van der Waals surface area contributed by atoms with Crippen molar-refractivity contribution in [1.82, 2.24) is 5.32 Å². The minimum atomic E-state index is -0.588. The summed E-state index contributed by atoms with van der Waals surface area (Å²) in [4.78, 5) is 26.3. The number of anilines is 1. The highest BCUT2D eigenvalue weighted by Crippen LogP contribution is 2.27. The molecule has 5 nitrogen and oxygen atoms in total. The first kappa shape index (κ1) is 16.1. The zero-order chi connectivity index (χ0) is 17.1. The first-order valence-electron chi connectivity index (χ1n) is 7.94. The molecule has 1 heterocycles. The van der Waals surface area contributed by atoms with Crippen molar-refractivity contribution in [2.75, 3.05) is 18.6 Å². The second-order valence-corrected chi connectivity index (χ2v) is 5.80. The normalized spacial score (nSPS) is 14.0. The highest BCUT2D eigenvalue weighted by Gasteiger charge is 2.29. The Morgan fingerprint density at radius 2 is 1.83 bits per heavy atom. The average Bonchev–Trinajstić information content (AvgIpc) is 3.05. The van der Waals surface area contributed by atoms with Crippen molar-refractivity contribution in [1.29, 1.82) is 0 Å². The van der Waals surface area contributed by atoms with Crippen LogP contribution in [0.1, 0.15) is 24.1 Å². The summed E-state index contributed by atoms with van der Waals surface area (Å²) >= 11 is 0. The maximum absolute atomic E-state index is 12.5. The van der Waals surface area contributed by atoms with E-state index in [2.05, 4.69) is 5.32 Å². The minimum absolute atomic E-state index is 0.259. The summed E-state index contributed by atoms with van der Waals surface area (Å²) in [6.07, 6.45) is 0.781. The summed E-state index contributed by atoms with van der Waals surface area (Å²) in [5.41, 5.74) is 2.84. The van der Waals surface area contributed by atoms with Crippen molar-refractivity contribution in [2.45, 2.75) is 19.4 Å². The molecule has 2 aromatic carbocycles. The number of rotatable bonds is 3. The molecular weight excluding hydrogens is 304 g/mol. The third kappa shape index (κ3) is 3.11. The van der Waals surface area contributed by atoms with E-state index in [1.807, 2.05) is 55.5 Å². The number of hydrogen-bond donors (Lipinski definition) is 1. The molecule has 0 bridgehead atoms. The lowest BCUT2D eigenvalue weighted by Gasteiger charge is -2.19. The zero-order valence-corrected chi connectivity index (χ0v) is 13.8. The monoisotopic (exact) mass is 324 g/mol. The van der Waals surface area contributed by atoms with E-state index >= 15 is 0 Å². The van der Waals surface area contributed by atoms with Gasteiger partial charge in [0, 0.05) is 12.2 Å². The maximum atomic E-state index is 12.5. The van der Waals surface area contributed by atoms with Gasteiger partial charge in [0.2, 0.25) is 0 Å². The van der Waals surface area contributed by atoms with E-state index in [0.717, 1.165) is 29.0 Å². The van der Waals surface area contributed by atoms with Crippen LogP contribution in [0.4, 0.5) is 5.69 Å². The van der Waals surface area contributed by atoms with Gasteiger partial charge in [0.25, 0.3) is 0 Å². The fraction of sp³-hybridized carbons (Fsp3) is 0.263. The van der Waals surface area contributed by atoms with Crippen LogP contribution < -0.4 is 15.0 Å². The number of hydrogen-bond acceptors (Lipinski definition) is 3. The average molecular weight is 324 g/mol. The van der Waals surface area contributed by atoms with Gasteiger partial charge in [-0.25, -0.2) is 0 Å². The lowest BCUT2D eigenvalue weighted by molar-refractivity contribution is -0.138. The van der Waals surface area contributed by atoms with Gasteiger partial charge in [0.15, 0.2) is 0 Å². The summed E-state index contributed by atoms with van der Waals surface area (Å²) in [6.45, 7) is 2.40. The molecule has 1 unspecified atom stereocenters. The third-order valence-corrected chi connectivity index (χ3v) is 4.29. The summed E-state index contributed by atoms with van der Waals surface area (Å²) in [5.74, 6) is -0.350. The topological polar surface area (TPSA) is 58.6 Å². The molecule has 0 aromatic heterocycles. The summed E-state index contributed by atoms with van der Waals surface area (Å²) in [7, 11) is 1.60. The van der Waals surface area contributed by atoms with Gasteiger partial charge in [-0.1, -0.05) is 30.3 Å². The Labute approximate surface area is 141 Å². The molecule has 1 N–H and O–H groups in total. The van der Waals surface area contributed by atoms with Gasteiger partial charge in [-0.2, -0.15) is 0 Å².